The summed E-state index contributed by atoms with van der Waals surface area (Å²) in [6, 6.07) is 9.74. The molecule has 12 heteroatoms. The topological polar surface area (TPSA) is 115 Å². The molecule has 0 radical (unpaired) electrons. The first-order chi connectivity index (χ1) is 15.2. The van der Waals surface area contributed by atoms with Gasteiger partial charge in [-0.25, -0.2) is 4.39 Å². The van der Waals surface area contributed by atoms with Gasteiger partial charge in [0.1, 0.15) is 6.61 Å². The summed E-state index contributed by atoms with van der Waals surface area (Å²) in [7, 11) is 0. The van der Waals surface area contributed by atoms with Crippen molar-refractivity contribution in [1.82, 2.24) is 5.32 Å². The second kappa shape index (κ2) is 13.3. The van der Waals surface area contributed by atoms with Crippen LogP contribution >= 0.6 is 11.6 Å². The predicted octanol–water partition coefficient (Wildman–Crippen LogP) is 4.07. The third-order valence-electron chi connectivity index (χ3n) is 3.91. The number of rotatable bonds is 10. The molecule has 0 aromatic heterocycles. The minimum Gasteiger partial charge on any atom is -0.391 e. The number of guanidine groups is 1. The summed E-state index contributed by atoms with van der Waals surface area (Å²) in [6.45, 7) is -0.768. The van der Waals surface area contributed by atoms with Gasteiger partial charge in [-0.3, -0.25) is 9.51 Å². The van der Waals surface area contributed by atoms with Crippen LogP contribution in [0.1, 0.15) is 22.8 Å². The smallest absolute Gasteiger partial charge is 0.290 e. The first-order valence-electron chi connectivity index (χ1n) is 9.20. The van der Waals surface area contributed by atoms with E-state index in [1.807, 2.05) is 0 Å². The molecule has 1 amide bonds. The SMILES string of the molecule is C.NC(N)=NOCCNC(=O)Cc1c(Cl)ccc(NCC(F)(F)c2ccccc2)c1F.[3H]F.[HH].[HH].[HH]. The van der Waals surface area contributed by atoms with Crippen LogP contribution in [0.5, 0.6) is 0 Å². The first kappa shape index (κ1) is 26.8. The van der Waals surface area contributed by atoms with E-state index in [-0.39, 0.29) is 52.7 Å². The van der Waals surface area contributed by atoms with Crippen molar-refractivity contribution in [3.05, 3.63) is 64.4 Å². The number of hydrogen-bond donors (Lipinski definition) is 4. The highest BCUT2D eigenvalue weighted by molar-refractivity contribution is 6.31. The fourth-order valence-electron chi connectivity index (χ4n) is 2.47. The van der Waals surface area contributed by atoms with E-state index in [0.717, 1.165) is 0 Å². The second-order valence-corrected chi connectivity index (χ2v) is 6.59. The summed E-state index contributed by atoms with van der Waals surface area (Å²) >= 11 is 5.98. The van der Waals surface area contributed by atoms with Crippen LogP contribution in [-0.4, -0.2) is 33.0 Å². The fourth-order valence-corrected chi connectivity index (χ4v) is 2.68. The maximum atomic E-state index is 14.8. The van der Waals surface area contributed by atoms with Crippen LogP contribution in [0, 0.1) is 5.82 Å². The van der Waals surface area contributed by atoms with Gasteiger partial charge in [-0.05, 0) is 17.3 Å². The molecule has 2 aromatic carbocycles. The van der Waals surface area contributed by atoms with Crippen molar-refractivity contribution in [3.8, 4) is 0 Å². The Bertz CT molecular complexity index is 915. The van der Waals surface area contributed by atoms with Crippen molar-refractivity contribution >= 4 is 29.2 Å². The van der Waals surface area contributed by atoms with Gasteiger partial charge in [0.05, 0.1) is 25.2 Å². The highest BCUT2D eigenvalue weighted by Gasteiger charge is 2.31. The van der Waals surface area contributed by atoms with Crippen LogP contribution in [0.15, 0.2) is 47.6 Å². The Labute approximate surface area is 194 Å². The zero-order valence-corrected chi connectivity index (χ0v) is 16.9. The quantitative estimate of drug-likeness (QED) is 0.132. The number of carbonyl (C=O) groups excluding carboxylic acids is 1. The van der Waals surface area contributed by atoms with E-state index in [4.69, 9.17) is 32.6 Å². The molecule has 0 atom stereocenters. The number of benzene rings is 2. The van der Waals surface area contributed by atoms with E-state index in [2.05, 4.69) is 17.2 Å². The van der Waals surface area contributed by atoms with Gasteiger partial charge in [0.2, 0.25) is 11.9 Å². The normalized spacial score (nSPS) is 10.5. The average molecular weight is 488 g/mol. The molecule has 0 saturated heterocycles. The number of nitrogens with one attached hydrogen (secondary N) is 2. The maximum absolute atomic E-state index is 14.8. The van der Waals surface area contributed by atoms with Gasteiger partial charge in [0.15, 0.2) is 5.82 Å². The Balaban J connectivity index is -0.000000831. The minimum absolute atomic E-state index is 0. The zero-order chi connectivity index (χ0) is 24.1. The Morgan fingerprint density at radius 3 is 2.53 bits per heavy atom. The molecule has 32 heavy (non-hydrogen) atoms. The lowest BCUT2D eigenvalue weighted by Crippen LogP contribution is -2.29. The molecule has 0 unspecified atom stereocenters. The number of hydrogen-bond acceptors (Lipinski definition) is 4. The molecule has 0 aliphatic carbocycles. The molecular weight excluding hydrogens is 454 g/mol. The Morgan fingerprint density at radius 2 is 1.91 bits per heavy atom. The van der Waals surface area contributed by atoms with E-state index < -0.39 is 30.6 Å². The Morgan fingerprint density at radius 1 is 1.25 bits per heavy atom. The largest absolute Gasteiger partial charge is 0.391 e. The molecule has 0 heterocycles. The maximum Gasteiger partial charge on any atom is 0.290 e. The van der Waals surface area contributed by atoms with Crippen molar-refractivity contribution in [2.75, 3.05) is 25.0 Å². The number of alkyl halides is 2. The summed E-state index contributed by atoms with van der Waals surface area (Å²) in [4.78, 5) is 16.7. The van der Waals surface area contributed by atoms with Gasteiger partial charge >= 0.3 is 0 Å². The van der Waals surface area contributed by atoms with Crippen LogP contribution in [0.4, 0.5) is 23.6 Å². The molecule has 0 aliphatic rings. The van der Waals surface area contributed by atoms with Crippen LogP contribution < -0.4 is 22.1 Å². The van der Waals surface area contributed by atoms with Gasteiger partial charge in [0, 0.05) is 20.4 Å². The van der Waals surface area contributed by atoms with Crippen molar-refractivity contribution in [2.45, 2.75) is 19.8 Å². The summed E-state index contributed by atoms with van der Waals surface area (Å²) in [5.41, 5.74) is 9.65. The lowest BCUT2D eigenvalue weighted by molar-refractivity contribution is -0.120. The lowest BCUT2D eigenvalue weighted by Gasteiger charge is -2.19. The number of halogens is 5. The standard InChI is InChI=1S/C19H21ClF3N5O2.CH4.FH.3H2/c20-14-6-7-15(27-11-19(22,23)12-4-2-1-3-5-12)17(21)13(14)10-16(29)26-8-9-30-28-18(24)25;;;;;/h1-7,27H,8-11H2,(H,26,29)(H4,24,25,28);1H4;4*1H/i/hT. The number of carbonyl (C=O) groups is 1. The lowest BCUT2D eigenvalue weighted by atomic mass is 10.1. The minimum atomic E-state index is -3.22. The first-order valence-corrected chi connectivity index (χ1v) is 9.20. The molecule has 0 spiro atoms. The highest BCUT2D eigenvalue weighted by atomic mass is 35.5. The van der Waals surface area contributed by atoms with Crippen LogP contribution in [-0.2, 0) is 22.0 Å². The Kier molecular flexibility index (Phi) is 11.1. The number of amides is 1. The van der Waals surface area contributed by atoms with E-state index in [1.165, 1.54) is 36.4 Å². The Hall–Kier alpha value is -3.21. The third-order valence-corrected chi connectivity index (χ3v) is 4.26. The second-order valence-electron chi connectivity index (χ2n) is 6.19. The molecule has 0 fully saturated rings. The summed E-state index contributed by atoms with van der Waals surface area (Å²) in [5.74, 6) is -4.91. The predicted molar refractivity (Wildman–Crippen MR) is 124 cm³/mol. The van der Waals surface area contributed by atoms with Crippen molar-refractivity contribution in [3.63, 3.8) is 0 Å². The molecule has 2 rings (SSSR count). The molecule has 184 valence electrons. The number of anilines is 1. The van der Waals surface area contributed by atoms with Gasteiger partial charge in [-0.1, -0.05) is 49.4 Å². The molecule has 7 nitrogen and oxygen atoms in total. The molecule has 0 bridgehead atoms. The van der Waals surface area contributed by atoms with Gasteiger partial charge in [-0.15, -0.1) is 0 Å². The summed E-state index contributed by atoms with van der Waals surface area (Å²) < 4.78 is 56.4. The van der Waals surface area contributed by atoms with E-state index in [9.17, 15) is 18.0 Å². The molecule has 0 aliphatic heterocycles. The summed E-state index contributed by atoms with van der Waals surface area (Å²) in [6.07, 6.45) is -0.391. The van der Waals surface area contributed by atoms with E-state index in [1.54, 1.807) is 6.07 Å². The van der Waals surface area contributed by atoms with E-state index >= 15 is 0 Å². The molecule has 6 N–H and O–H groups in total. The van der Waals surface area contributed by atoms with E-state index in [0.29, 0.717) is 0 Å². The average Bonchev–Trinajstić information content (AvgIpc) is 2.77. The fraction of sp³-hybridized carbons (Fsp3) is 0.300. The van der Waals surface area contributed by atoms with Gasteiger partial charge in [-0.2, -0.15) is 8.78 Å². The van der Waals surface area contributed by atoms with Gasteiger partial charge in [0.25, 0.3) is 7.37 Å². The molecule has 2 aromatic rings. The van der Waals surface area contributed by atoms with Crippen LogP contribution in [0.2, 0.25) is 5.02 Å². The number of oxime groups is 1. The molecular formula is C20H32ClF4N5O2. The third kappa shape index (κ3) is 8.50. The van der Waals surface area contributed by atoms with Gasteiger partial charge < -0.3 is 26.9 Å². The highest BCUT2D eigenvalue weighted by Crippen LogP contribution is 2.30. The van der Waals surface area contributed by atoms with Crippen LogP contribution in [0.25, 0.3) is 0 Å². The van der Waals surface area contributed by atoms with Crippen LogP contribution in [0.3, 0.4) is 0 Å². The number of nitrogens with zero attached hydrogens (tertiary/aromatic N) is 1. The van der Waals surface area contributed by atoms with Crippen molar-refractivity contribution in [2.24, 2.45) is 16.6 Å². The van der Waals surface area contributed by atoms with Crippen molar-refractivity contribution in [1.29, 1.82) is 1.45 Å². The van der Waals surface area contributed by atoms with Crippen molar-refractivity contribution < 1.29 is 31.8 Å². The summed E-state index contributed by atoms with van der Waals surface area (Å²) in [5, 5.41) is 8.14. The monoisotopic (exact) mass is 487 g/mol. The molecule has 0 saturated carbocycles. The number of nitrogens with two attached hydrogens (primary N) is 2. The zero-order valence-electron chi connectivity index (χ0n) is 17.2.